The Hall–Kier alpha value is -2.22. The third-order valence-corrected chi connectivity index (χ3v) is 2.72. The average Bonchev–Trinajstić information content (AvgIpc) is 2.38. The molecule has 0 radical (unpaired) electrons. The smallest absolute Gasteiger partial charge is 0.299 e. The van der Waals surface area contributed by atoms with Gasteiger partial charge in [0.2, 0.25) is 5.91 Å². The highest BCUT2D eigenvalue weighted by Crippen LogP contribution is 2.29. The van der Waals surface area contributed by atoms with Gasteiger partial charge in [0.1, 0.15) is 5.69 Å². The van der Waals surface area contributed by atoms with Crippen molar-refractivity contribution in [3.8, 4) is 0 Å². The van der Waals surface area contributed by atoms with Crippen LogP contribution in [0.25, 0.3) is 0 Å². The fraction of sp³-hybridized carbons (Fsp3) is 0.364. The lowest BCUT2D eigenvalue weighted by Crippen LogP contribution is -2.12. The summed E-state index contributed by atoms with van der Waals surface area (Å²) in [5.74, 6) is 0.0392. The van der Waals surface area contributed by atoms with E-state index in [4.69, 9.17) is 11.6 Å². The molecule has 0 saturated carbocycles. The molecule has 1 aromatic carbocycles. The Balaban J connectivity index is 2.86. The summed E-state index contributed by atoms with van der Waals surface area (Å²) in [6.45, 7) is 0. The number of nitro benzene ring substituents is 2. The molecule has 0 unspecified atom stereocenters. The molecule has 0 bridgehead atoms. The van der Waals surface area contributed by atoms with Crippen LogP contribution in [-0.4, -0.2) is 21.6 Å². The van der Waals surface area contributed by atoms with E-state index in [-0.39, 0.29) is 12.1 Å². The molecule has 108 valence electrons. The number of benzene rings is 1. The third kappa shape index (κ3) is 4.47. The van der Waals surface area contributed by atoms with Crippen LogP contribution in [0.5, 0.6) is 0 Å². The molecule has 0 saturated heterocycles. The number of halogens is 1. The number of nitrogens with zero attached hydrogens (tertiary/aromatic N) is 2. The van der Waals surface area contributed by atoms with E-state index < -0.39 is 27.1 Å². The van der Waals surface area contributed by atoms with Gasteiger partial charge in [0, 0.05) is 18.4 Å². The van der Waals surface area contributed by atoms with E-state index in [1.54, 1.807) is 0 Å². The van der Waals surface area contributed by atoms with E-state index in [9.17, 15) is 25.0 Å². The van der Waals surface area contributed by atoms with Crippen LogP contribution in [0.4, 0.5) is 17.1 Å². The summed E-state index contributed by atoms with van der Waals surface area (Å²) in [5, 5.41) is 23.8. The molecule has 0 aliphatic rings. The zero-order valence-corrected chi connectivity index (χ0v) is 11.1. The maximum Gasteiger partial charge on any atom is 0.299 e. The Kier molecular flexibility index (Phi) is 5.85. The van der Waals surface area contributed by atoms with Crippen LogP contribution in [0.3, 0.4) is 0 Å². The van der Waals surface area contributed by atoms with Crippen LogP contribution in [0.2, 0.25) is 0 Å². The molecule has 1 N–H and O–H groups in total. The number of non-ortho nitro benzene ring substituents is 1. The minimum Gasteiger partial charge on any atom is -0.320 e. The predicted molar refractivity (Wildman–Crippen MR) is 73.0 cm³/mol. The summed E-state index contributed by atoms with van der Waals surface area (Å²) >= 11 is 5.47. The molecule has 20 heavy (non-hydrogen) atoms. The molecule has 0 aliphatic carbocycles. The molecule has 0 aromatic heterocycles. The minimum atomic E-state index is -0.776. The number of nitrogens with one attached hydrogen (secondary N) is 1. The normalized spacial score (nSPS) is 10.1. The number of carbonyl (C=O) groups excluding carboxylic acids is 1. The lowest BCUT2D eigenvalue weighted by atomic mass is 10.2. The molecule has 1 amide bonds. The number of anilines is 1. The molecule has 1 aromatic rings. The second kappa shape index (κ2) is 7.39. The number of nitro groups is 2. The van der Waals surface area contributed by atoms with Gasteiger partial charge in [-0.2, -0.15) is 0 Å². The van der Waals surface area contributed by atoms with Gasteiger partial charge in [0.15, 0.2) is 0 Å². The van der Waals surface area contributed by atoms with Gasteiger partial charge in [-0.1, -0.05) is 0 Å². The van der Waals surface area contributed by atoms with Gasteiger partial charge >= 0.3 is 0 Å². The first-order valence-corrected chi connectivity index (χ1v) is 6.28. The number of unbranched alkanes of at least 4 members (excludes halogenated alkanes) is 1. The van der Waals surface area contributed by atoms with Crippen molar-refractivity contribution in [2.24, 2.45) is 0 Å². The van der Waals surface area contributed by atoms with E-state index in [0.29, 0.717) is 18.7 Å². The minimum absolute atomic E-state index is 0.0588. The van der Waals surface area contributed by atoms with Gasteiger partial charge in [0.05, 0.1) is 15.9 Å². The van der Waals surface area contributed by atoms with Gasteiger partial charge in [0.25, 0.3) is 11.4 Å². The number of amides is 1. The molecule has 0 aliphatic heterocycles. The largest absolute Gasteiger partial charge is 0.320 e. The Morgan fingerprint density at radius 3 is 2.45 bits per heavy atom. The van der Waals surface area contributed by atoms with E-state index in [0.717, 1.165) is 18.2 Å². The van der Waals surface area contributed by atoms with Crippen LogP contribution in [0, 0.1) is 20.2 Å². The second-order valence-electron chi connectivity index (χ2n) is 3.91. The van der Waals surface area contributed by atoms with Gasteiger partial charge in [-0.25, -0.2) is 0 Å². The van der Waals surface area contributed by atoms with Gasteiger partial charge in [-0.15, -0.1) is 11.6 Å². The predicted octanol–water partition coefficient (Wildman–Crippen LogP) is 2.85. The van der Waals surface area contributed by atoms with Crippen molar-refractivity contribution >= 4 is 34.6 Å². The highest BCUT2D eigenvalue weighted by atomic mass is 35.5. The van der Waals surface area contributed by atoms with Crippen molar-refractivity contribution in [1.82, 2.24) is 0 Å². The van der Waals surface area contributed by atoms with Gasteiger partial charge < -0.3 is 5.32 Å². The third-order valence-electron chi connectivity index (χ3n) is 2.45. The summed E-state index contributed by atoms with van der Waals surface area (Å²) in [6, 6.07) is 3.06. The standard InChI is InChI=1S/C11H12ClN3O5/c12-6-2-1-3-11(16)13-9-5-4-8(14(17)18)7-10(9)15(19)20/h4-5,7H,1-3,6H2,(H,13,16). The van der Waals surface area contributed by atoms with Crippen LogP contribution < -0.4 is 5.32 Å². The molecule has 0 atom stereocenters. The molecular formula is C11H12ClN3O5. The van der Waals surface area contributed by atoms with E-state index >= 15 is 0 Å². The van der Waals surface area contributed by atoms with Crippen LogP contribution in [0.15, 0.2) is 18.2 Å². The average molecular weight is 302 g/mol. The Bertz CT molecular complexity index is 535. The van der Waals surface area contributed by atoms with Gasteiger partial charge in [-0.3, -0.25) is 25.0 Å². The van der Waals surface area contributed by atoms with Gasteiger partial charge in [-0.05, 0) is 18.9 Å². The van der Waals surface area contributed by atoms with Crippen molar-refractivity contribution in [2.75, 3.05) is 11.2 Å². The Morgan fingerprint density at radius 1 is 1.20 bits per heavy atom. The first-order valence-electron chi connectivity index (χ1n) is 5.74. The van der Waals surface area contributed by atoms with Crippen molar-refractivity contribution in [3.63, 3.8) is 0 Å². The number of hydrogen-bond acceptors (Lipinski definition) is 5. The lowest BCUT2D eigenvalue weighted by molar-refractivity contribution is -0.393. The van der Waals surface area contributed by atoms with Crippen molar-refractivity contribution in [3.05, 3.63) is 38.4 Å². The number of alkyl halides is 1. The lowest BCUT2D eigenvalue weighted by Gasteiger charge is -2.05. The van der Waals surface area contributed by atoms with E-state index in [2.05, 4.69) is 5.32 Å². The maximum atomic E-state index is 11.6. The first-order chi connectivity index (χ1) is 9.45. The monoisotopic (exact) mass is 301 g/mol. The zero-order chi connectivity index (χ0) is 15.1. The van der Waals surface area contributed by atoms with Crippen LogP contribution >= 0.6 is 11.6 Å². The summed E-state index contributed by atoms with van der Waals surface area (Å²) in [5.41, 5.74) is -0.974. The fourth-order valence-corrected chi connectivity index (χ4v) is 1.67. The zero-order valence-electron chi connectivity index (χ0n) is 10.4. The Morgan fingerprint density at radius 2 is 1.90 bits per heavy atom. The summed E-state index contributed by atoms with van der Waals surface area (Å²) in [7, 11) is 0. The molecule has 0 spiro atoms. The molecule has 0 fully saturated rings. The molecular weight excluding hydrogens is 290 g/mol. The first kappa shape index (κ1) is 15.8. The summed E-state index contributed by atoms with van der Waals surface area (Å²) in [6.07, 6.45) is 1.41. The maximum absolute atomic E-state index is 11.6. The number of hydrogen-bond donors (Lipinski definition) is 1. The van der Waals surface area contributed by atoms with Crippen LogP contribution in [0.1, 0.15) is 19.3 Å². The van der Waals surface area contributed by atoms with E-state index in [1.165, 1.54) is 0 Å². The number of carbonyl (C=O) groups is 1. The fourth-order valence-electron chi connectivity index (χ4n) is 1.48. The molecule has 8 nitrogen and oxygen atoms in total. The van der Waals surface area contributed by atoms with Crippen LogP contribution in [-0.2, 0) is 4.79 Å². The Labute approximate surface area is 119 Å². The molecule has 9 heteroatoms. The van der Waals surface area contributed by atoms with E-state index in [1.807, 2.05) is 0 Å². The quantitative estimate of drug-likeness (QED) is 0.360. The van der Waals surface area contributed by atoms with Crippen molar-refractivity contribution in [2.45, 2.75) is 19.3 Å². The number of rotatable bonds is 7. The highest BCUT2D eigenvalue weighted by Gasteiger charge is 2.20. The molecule has 1 rings (SSSR count). The highest BCUT2D eigenvalue weighted by molar-refractivity contribution is 6.17. The topological polar surface area (TPSA) is 115 Å². The van der Waals surface area contributed by atoms with Crippen molar-refractivity contribution < 1.29 is 14.6 Å². The van der Waals surface area contributed by atoms with Crippen molar-refractivity contribution in [1.29, 1.82) is 0 Å². The summed E-state index contributed by atoms with van der Waals surface area (Å²) < 4.78 is 0. The summed E-state index contributed by atoms with van der Waals surface area (Å²) in [4.78, 5) is 31.5. The second-order valence-corrected chi connectivity index (χ2v) is 4.29. The SMILES string of the molecule is O=C(CCCCCl)Nc1ccc([N+](=O)[O-])cc1[N+](=O)[O-]. The molecule has 0 heterocycles.